The van der Waals surface area contributed by atoms with E-state index in [-0.39, 0.29) is 23.7 Å². The number of benzene rings is 1. The van der Waals surface area contributed by atoms with E-state index in [0.29, 0.717) is 10.8 Å². The molecule has 160 valence electrons. The van der Waals surface area contributed by atoms with Gasteiger partial charge in [-0.25, -0.2) is 9.78 Å². The fourth-order valence-electron chi connectivity index (χ4n) is 3.43. The number of rotatable bonds is 7. The second-order valence-electron chi connectivity index (χ2n) is 7.03. The predicted octanol–water partition coefficient (Wildman–Crippen LogP) is 4.28. The molecule has 1 saturated carbocycles. The Morgan fingerprint density at radius 2 is 2.03 bits per heavy atom. The number of carboxylic acids is 1. The van der Waals surface area contributed by atoms with E-state index in [1.807, 2.05) is 12.1 Å². The quantitative estimate of drug-likeness (QED) is 0.613. The lowest BCUT2D eigenvalue weighted by Crippen LogP contribution is -2.46. The summed E-state index contributed by atoms with van der Waals surface area (Å²) in [4.78, 5) is 43.3. The van der Waals surface area contributed by atoms with Crippen molar-refractivity contribution < 1.29 is 19.5 Å². The van der Waals surface area contributed by atoms with Crippen molar-refractivity contribution in [1.29, 1.82) is 0 Å². The van der Waals surface area contributed by atoms with Gasteiger partial charge in [0, 0.05) is 31.4 Å². The second-order valence-corrected chi connectivity index (χ2v) is 9.31. The monoisotopic (exact) mass is 448 g/mol. The summed E-state index contributed by atoms with van der Waals surface area (Å²) in [5.74, 6) is -1.12. The number of anilines is 3. The van der Waals surface area contributed by atoms with Crippen molar-refractivity contribution in [3.05, 3.63) is 30.5 Å². The molecule has 3 amide bonds. The summed E-state index contributed by atoms with van der Waals surface area (Å²) >= 11 is 2.47. The molecule has 0 bridgehead atoms. The molecule has 0 saturated heterocycles. The van der Waals surface area contributed by atoms with Crippen LogP contribution < -0.4 is 15.1 Å². The van der Waals surface area contributed by atoms with Crippen molar-refractivity contribution in [3.63, 3.8) is 0 Å². The van der Waals surface area contributed by atoms with E-state index in [2.05, 4.69) is 10.3 Å². The van der Waals surface area contributed by atoms with Crippen molar-refractivity contribution in [2.75, 3.05) is 27.9 Å². The molecule has 0 spiro atoms. The Hall–Kier alpha value is -2.59. The molecule has 1 aliphatic carbocycles. The van der Waals surface area contributed by atoms with E-state index >= 15 is 0 Å². The fourth-order valence-corrected chi connectivity index (χ4v) is 5.06. The summed E-state index contributed by atoms with van der Waals surface area (Å²) in [7, 11) is 1.67. The Labute approximate surface area is 183 Å². The molecule has 1 aliphatic rings. The second kappa shape index (κ2) is 9.94. The lowest BCUT2D eigenvalue weighted by Gasteiger charge is -2.32. The van der Waals surface area contributed by atoms with Crippen molar-refractivity contribution in [3.8, 4) is 0 Å². The van der Waals surface area contributed by atoms with E-state index < -0.39 is 5.97 Å². The van der Waals surface area contributed by atoms with Crippen molar-refractivity contribution in [2.24, 2.45) is 0 Å². The third kappa shape index (κ3) is 5.51. The smallest absolute Gasteiger partial charge is 0.330 e. The van der Waals surface area contributed by atoms with Crippen molar-refractivity contribution in [2.45, 2.75) is 42.9 Å². The molecule has 1 heterocycles. The molecular formula is C20H24N4O4S2. The van der Waals surface area contributed by atoms with Crippen LogP contribution in [0.15, 0.2) is 34.7 Å². The first-order valence-electron chi connectivity index (χ1n) is 9.60. The van der Waals surface area contributed by atoms with Crippen LogP contribution in [0.4, 0.5) is 21.3 Å². The molecule has 30 heavy (non-hydrogen) atoms. The van der Waals surface area contributed by atoms with Gasteiger partial charge in [0.05, 0.1) is 16.2 Å². The minimum Gasteiger partial charge on any atom is -0.481 e. The molecule has 2 aromatic rings. The number of thioether (sulfide) groups is 1. The standard InChI is InChI=1S/C20H24N4O4S2/c1-13(25)22-14-6-5-9-16(10-14)24(15-7-3-4-8-15)20(28)23(2)19-21-11-18(30-19)29-12-17(26)27/h5-6,9-11,15H,3-4,7-8,12H2,1-2H3,(H,22,25)(H,26,27). The zero-order chi connectivity index (χ0) is 21.7. The Balaban J connectivity index is 1.84. The summed E-state index contributed by atoms with van der Waals surface area (Å²) in [5.41, 5.74) is 1.36. The third-order valence-electron chi connectivity index (χ3n) is 4.72. The average molecular weight is 449 g/mol. The molecule has 1 aromatic heterocycles. The number of hydrogen-bond donors (Lipinski definition) is 2. The number of aromatic nitrogens is 1. The molecule has 2 N–H and O–H groups in total. The van der Waals surface area contributed by atoms with Crippen LogP contribution in [0.2, 0.25) is 0 Å². The number of aliphatic carboxylic acids is 1. The first kappa shape index (κ1) is 22.1. The maximum atomic E-state index is 13.5. The predicted molar refractivity (Wildman–Crippen MR) is 120 cm³/mol. The maximum absolute atomic E-state index is 13.5. The van der Waals surface area contributed by atoms with E-state index in [1.54, 1.807) is 30.3 Å². The third-order valence-corrected chi connectivity index (χ3v) is 6.98. The highest BCUT2D eigenvalue weighted by Gasteiger charge is 2.31. The zero-order valence-electron chi connectivity index (χ0n) is 16.8. The van der Waals surface area contributed by atoms with Crippen LogP contribution in [0.3, 0.4) is 0 Å². The molecule has 3 rings (SSSR count). The van der Waals surface area contributed by atoms with Gasteiger partial charge in [-0.1, -0.05) is 30.2 Å². The highest BCUT2D eigenvalue weighted by Crippen LogP contribution is 2.34. The molecule has 10 heteroatoms. The Bertz CT molecular complexity index is 927. The summed E-state index contributed by atoms with van der Waals surface area (Å²) in [6.07, 6.45) is 5.56. The van der Waals surface area contributed by atoms with Gasteiger partial charge in [-0.2, -0.15) is 0 Å². The van der Waals surface area contributed by atoms with Gasteiger partial charge in [0.2, 0.25) is 5.91 Å². The van der Waals surface area contributed by atoms with Crippen LogP contribution >= 0.6 is 23.1 Å². The number of nitrogens with one attached hydrogen (secondary N) is 1. The molecule has 1 aromatic carbocycles. The highest BCUT2D eigenvalue weighted by molar-refractivity contribution is 8.01. The van der Waals surface area contributed by atoms with Crippen molar-refractivity contribution >= 4 is 57.5 Å². The van der Waals surface area contributed by atoms with Gasteiger partial charge >= 0.3 is 12.0 Å². The van der Waals surface area contributed by atoms with Crippen LogP contribution in [0, 0.1) is 0 Å². The largest absolute Gasteiger partial charge is 0.481 e. The van der Waals surface area contributed by atoms with Gasteiger partial charge < -0.3 is 10.4 Å². The molecular weight excluding hydrogens is 424 g/mol. The maximum Gasteiger partial charge on any atom is 0.330 e. The van der Waals surface area contributed by atoms with Gasteiger partial charge in [0.25, 0.3) is 0 Å². The number of hydrogen-bond acceptors (Lipinski definition) is 6. The molecule has 0 unspecified atom stereocenters. The van der Waals surface area contributed by atoms with Crippen LogP contribution in [0.1, 0.15) is 32.6 Å². The van der Waals surface area contributed by atoms with Crippen molar-refractivity contribution in [1.82, 2.24) is 4.98 Å². The first-order chi connectivity index (χ1) is 14.3. The number of carboxylic acid groups (broad SMARTS) is 1. The minimum absolute atomic E-state index is 0.0521. The van der Waals surface area contributed by atoms with E-state index in [0.717, 1.165) is 35.6 Å². The number of urea groups is 1. The van der Waals surface area contributed by atoms with E-state index in [9.17, 15) is 14.4 Å². The van der Waals surface area contributed by atoms with Crippen LogP contribution in [0.25, 0.3) is 0 Å². The van der Waals surface area contributed by atoms with Gasteiger partial charge in [0.1, 0.15) is 0 Å². The molecule has 0 atom stereocenters. The minimum atomic E-state index is -0.897. The first-order valence-corrected chi connectivity index (χ1v) is 11.4. The van der Waals surface area contributed by atoms with Crippen LogP contribution in [-0.4, -0.2) is 46.8 Å². The lowest BCUT2D eigenvalue weighted by molar-refractivity contribution is -0.133. The van der Waals surface area contributed by atoms with Crippen LogP contribution in [-0.2, 0) is 9.59 Å². The SMILES string of the molecule is CC(=O)Nc1cccc(N(C(=O)N(C)c2ncc(SCC(=O)O)s2)C2CCCC2)c1. The Morgan fingerprint density at radius 3 is 2.70 bits per heavy atom. The summed E-state index contributed by atoms with van der Waals surface area (Å²) in [6, 6.07) is 7.16. The fraction of sp³-hybridized carbons (Fsp3) is 0.400. The number of thiazole rings is 1. The normalized spacial score (nSPS) is 13.8. The Morgan fingerprint density at radius 1 is 1.30 bits per heavy atom. The molecule has 0 radical (unpaired) electrons. The number of amides is 3. The zero-order valence-corrected chi connectivity index (χ0v) is 18.5. The summed E-state index contributed by atoms with van der Waals surface area (Å²) in [6.45, 7) is 1.45. The lowest BCUT2D eigenvalue weighted by atomic mass is 10.1. The Kier molecular flexibility index (Phi) is 7.33. The van der Waals surface area contributed by atoms with E-state index in [1.165, 1.54) is 34.9 Å². The number of carbonyl (C=O) groups is 3. The van der Waals surface area contributed by atoms with Gasteiger partial charge in [0.15, 0.2) is 5.13 Å². The number of carbonyl (C=O) groups excluding carboxylic acids is 2. The molecule has 8 nitrogen and oxygen atoms in total. The molecule has 0 aliphatic heterocycles. The van der Waals surface area contributed by atoms with E-state index in [4.69, 9.17) is 5.11 Å². The number of nitrogens with zero attached hydrogens (tertiary/aromatic N) is 3. The summed E-state index contributed by atoms with van der Waals surface area (Å²) < 4.78 is 0.743. The summed E-state index contributed by atoms with van der Waals surface area (Å²) in [5, 5.41) is 12.1. The molecule has 1 fully saturated rings. The van der Waals surface area contributed by atoms with Crippen LogP contribution in [0.5, 0.6) is 0 Å². The van der Waals surface area contributed by atoms with Gasteiger partial charge in [-0.15, -0.1) is 11.8 Å². The topological polar surface area (TPSA) is 103 Å². The van der Waals surface area contributed by atoms with Gasteiger partial charge in [-0.05, 0) is 31.0 Å². The van der Waals surface area contributed by atoms with Gasteiger partial charge in [-0.3, -0.25) is 19.4 Å². The highest BCUT2D eigenvalue weighted by atomic mass is 32.2. The average Bonchev–Trinajstić information content (AvgIpc) is 3.38.